The maximum atomic E-state index is 13.0. The predicted octanol–water partition coefficient (Wildman–Crippen LogP) is 3.77. The van der Waals surface area contributed by atoms with Crippen LogP contribution < -0.4 is 11.1 Å². The number of amides is 3. The number of nitrogens with two attached hydrogens (primary N) is 1. The molecular formula is C22H33N3O2. The van der Waals surface area contributed by atoms with Crippen molar-refractivity contribution in [3.8, 4) is 0 Å². The molecular weight excluding hydrogens is 338 g/mol. The van der Waals surface area contributed by atoms with Crippen molar-refractivity contribution in [3.05, 3.63) is 35.4 Å². The van der Waals surface area contributed by atoms with Crippen molar-refractivity contribution in [2.75, 3.05) is 13.1 Å². The van der Waals surface area contributed by atoms with Crippen LogP contribution in [0, 0.1) is 24.7 Å². The lowest BCUT2D eigenvalue weighted by atomic mass is 9.76. The van der Waals surface area contributed by atoms with Crippen LogP contribution in [0.15, 0.2) is 24.3 Å². The first-order valence-electron chi connectivity index (χ1n) is 10.4. The van der Waals surface area contributed by atoms with Crippen LogP contribution in [0.1, 0.15) is 62.6 Å². The number of urea groups is 1. The Morgan fingerprint density at radius 2 is 1.70 bits per heavy atom. The number of primary amides is 1. The summed E-state index contributed by atoms with van der Waals surface area (Å²) in [5.41, 5.74) is 7.88. The summed E-state index contributed by atoms with van der Waals surface area (Å²) in [7, 11) is 0. The summed E-state index contributed by atoms with van der Waals surface area (Å²) in [5, 5.41) is 3.34. The van der Waals surface area contributed by atoms with Crippen molar-refractivity contribution in [1.29, 1.82) is 0 Å². The minimum Gasteiger partial charge on any atom is -0.369 e. The summed E-state index contributed by atoms with van der Waals surface area (Å²) in [6.45, 7) is 5.64. The molecule has 1 aliphatic carbocycles. The normalized spacial score (nSPS) is 25.0. The Balaban J connectivity index is 1.71. The van der Waals surface area contributed by atoms with Crippen molar-refractivity contribution in [1.82, 2.24) is 10.2 Å². The predicted molar refractivity (Wildman–Crippen MR) is 107 cm³/mol. The number of rotatable bonds is 4. The van der Waals surface area contributed by atoms with Crippen LogP contribution in [0.2, 0.25) is 0 Å². The summed E-state index contributed by atoms with van der Waals surface area (Å²) >= 11 is 0. The van der Waals surface area contributed by atoms with Crippen molar-refractivity contribution >= 4 is 11.9 Å². The lowest BCUT2D eigenvalue weighted by molar-refractivity contribution is -0.123. The van der Waals surface area contributed by atoms with E-state index >= 15 is 0 Å². The molecule has 1 saturated carbocycles. The molecule has 1 heterocycles. The highest BCUT2D eigenvalue weighted by molar-refractivity contribution is 5.78. The Bertz CT molecular complexity index is 659. The molecule has 3 rings (SSSR count). The molecule has 0 radical (unpaired) electrons. The summed E-state index contributed by atoms with van der Waals surface area (Å²) in [6, 6.07) is 8.43. The van der Waals surface area contributed by atoms with E-state index in [0.29, 0.717) is 31.8 Å². The number of benzene rings is 1. The maximum absolute atomic E-state index is 13.0. The zero-order valence-corrected chi connectivity index (χ0v) is 16.6. The number of carbonyl (C=O) groups excluding carboxylic acids is 2. The van der Waals surface area contributed by atoms with Crippen molar-refractivity contribution in [2.45, 2.75) is 58.4 Å². The van der Waals surface area contributed by atoms with Crippen LogP contribution >= 0.6 is 0 Å². The van der Waals surface area contributed by atoms with E-state index in [4.69, 9.17) is 5.73 Å². The van der Waals surface area contributed by atoms with E-state index in [0.717, 1.165) is 18.8 Å². The third kappa shape index (κ3) is 4.82. The number of piperidine rings is 1. The quantitative estimate of drug-likeness (QED) is 0.845. The Kier molecular flexibility index (Phi) is 6.40. The van der Waals surface area contributed by atoms with E-state index in [1.807, 2.05) is 4.90 Å². The monoisotopic (exact) mass is 371 g/mol. The largest absolute Gasteiger partial charge is 0.369 e. The highest BCUT2D eigenvalue weighted by atomic mass is 16.2. The van der Waals surface area contributed by atoms with Crippen molar-refractivity contribution in [2.24, 2.45) is 23.5 Å². The SMILES string of the molecule is Cc1ccccc1C(NC(=O)N1CCC(C(N)=O)CC1)C1CCC(C)CC1. The van der Waals surface area contributed by atoms with Gasteiger partial charge in [0.25, 0.3) is 0 Å². The number of likely N-dealkylation sites (tertiary alicyclic amines) is 1. The number of aryl methyl sites for hydroxylation is 1. The van der Waals surface area contributed by atoms with Crippen LogP contribution in [0.25, 0.3) is 0 Å². The minimum atomic E-state index is -0.246. The molecule has 5 heteroatoms. The van der Waals surface area contributed by atoms with Gasteiger partial charge in [-0.05, 0) is 55.6 Å². The second kappa shape index (κ2) is 8.77. The Morgan fingerprint density at radius 3 is 2.30 bits per heavy atom. The first-order valence-corrected chi connectivity index (χ1v) is 10.4. The van der Waals surface area contributed by atoms with Gasteiger partial charge in [0.05, 0.1) is 6.04 Å². The molecule has 0 bridgehead atoms. The third-order valence-corrected chi connectivity index (χ3v) is 6.52. The van der Waals surface area contributed by atoms with Crippen LogP contribution in [0.4, 0.5) is 4.79 Å². The third-order valence-electron chi connectivity index (χ3n) is 6.52. The Hall–Kier alpha value is -2.04. The number of hydrogen-bond acceptors (Lipinski definition) is 2. The molecule has 1 unspecified atom stereocenters. The first kappa shape index (κ1) is 19.7. The lowest BCUT2D eigenvalue weighted by Crippen LogP contribution is -2.48. The smallest absolute Gasteiger partial charge is 0.317 e. The van der Waals surface area contributed by atoms with Crippen LogP contribution in [0.3, 0.4) is 0 Å². The molecule has 1 atom stereocenters. The lowest BCUT2D eigenvalue weighted by Gasteiger charge is -2.37. The van der Waals surface area contributed by atoms with Gasteiger partial charge in [-0.3, -0.25) is 4.79 Å². The molecule has 0 aromatic heterocycles. The number of nitrogens with one attached hydrogen (secondary N) is 1. The maximum Gasteiger partial charge on any atom is 0.317 e. The molecule has 1 aromatic carbocycles. The molecule has 1 saturated heterocycles. The highest BCUT2D eigenvalue weighted by Gasteiger charge is 2.32. The molecule has 0 spiro atoms. The average Bonchev–Trinajstić information content (AvgIpc) is 2.67. The second-order valence-corrected chi connectivity index (χ2v) is 8.47. The fourth-order valence-corrected chi connectivity index (χ4v) is 4.60. The van der Waals surface area contributed by atoms with E-state index in [1.165, 1.54) is 24.0 Å². The van der Waals surface area contributed by atoms with Crippen LogP contribution in [-0.4, -0.2) is 29.9 Å². The molecule has 3 amide bonds. The van der Waals surface area contributed by atoms with Gasteiger partial charge in [0, 0.05) is 19.0 Å². The molecule has 27 heavy (non-hydrogen) atoms. The summed E-state index contributed by atoms with van der Waals surface area (Å²) < 4.78 is 0. The molecule has 5 nitrogen and oxygen atoms in total. The molecule has 1 aromatic rings. The fourth-order valence-electron chi connectivity index (χ4n) is 4.60. The average molecular weight is 372 g/mol. The molecule has 2 aliphatic rings. The number of carbonyl (C=O) groups is 2. The van der Waals surface area contributed by atoms with Gasteiger partial charge in [0.1, 0.15) is 0 Å². The van der Waals surface area contributed by atoms with Gasteiger partial charge < -0.3 is 16.0 Å². The zero-order valence-electron chi connectivity index (χ0n) is 16.6. The van der Waals surface area contributed by atoms with E-state index in [2.05, 4.69) is 43.4 Å². The van der Waals surface area contributed by atoms with Gasteiger partial charge >= 0.3 is 6.03 Å². The van der Waals surface area contributed by atoms with Gasteiger partial charge in [-0.15, -0.1) is 0 Å². The minimum absolute atomic E-state index is 0.00945. The Morgan fingerprint density at radius 1 is 1.07 bits per heavy atom. The molecule has 3 N–H and O–H groups in total. The summed E-state index contributed by atoms with van der Waals surface area (Å²) in [4.78, 5) is 26.2. The van der Waals surface area contributed by atoms with Gasteiger partial charge in [0.2, 0.25) is 5.91 Å². The highest BCUT2D eigenvalue weighted by Crippen LogP contribution is 2.38. The van der Waals surface area contributed by atoms with E-state index < -0.39 is 0 Å². The van der Waals surface area contributed by atoms with E-state index in [9.17, 15) is 9.59 Å². The van der Waals surface area contributed by atoms with Crippen LogP contribution in [0.5, 0.6) is 0 Å². The zero-order chi connectivity index (χ0) is 19.4. The first-order chi connectivity index (χ1) is 13.0. The van der Waals surface area contributed by atoms with Gasteiger partial charge in [-0.2, -0.15) is 0 Å². The van der Waals surface area contributed by atoms with Crippen molar-refractivity contribution < 1.29 is 9.59 Å². The summed E-state index contributed by atoms with van der Waals surface area (Å²) in [6.07, 6.45) is 6.10. The topological polar surface area (TPSA) is 75.4 Å². The molecule has 148 valence electrons. The second-order valence-electron chi connectivity index (χ2n) is 8.47. The molecule has 1 aliphatic heterocycles. The van der Waals surface area contributed by atoms with Gasteiger partial charge in [-0.1, -0.05) is 44.0 Å². The van der Waals surface area contributed by atoms with E-state index in [1.54, 1.807) is 0 Å². The Labute approximate surface area is 162 Å². The molecule has 2 fully saturated rings. The number of nitrogens with zero attached hydrogens (tertiary/aromatic N) is 1. The fraction of sp³-hybridized carbons (Fsp3) is 0.636. The standard InChI is InChI=1S/C22H33N3O2/c1-15-7-9-17(10-8-15)20(19-6-4-3-5-16(19)2)24-22(27)25-13-11-18(12-14-25)21(23)26/h3-6,15,17-18,20H,7-14H2,1-2H3,(H2,23,26)(H,24,27). The van der Waals surface area contributed by atoms with Crippen LogP contribution in [-0.2, 0) is 4.79 Å². The van der Waals surface area contributed by atoms with Gasteiger partial charge in [-0.25, -0.2) is 4.79 Å². The van der Waals surface area contributed by atoms with Crippen molar-refractivity contribution in [3.63, 3.8) is 0 Å². The van der Waals surface area contributed by atoms with Gasteiger partial charge in [0.15, 0.2) is 0 Å². The summed E-state index contributed by atoms with van der Waals surface area (Å²) in [5.74, 6) is 0.918. The van der Waals surface area contributed by atoms with E-state index in [-0.39, 0.29) is 23.9 Å². The number of hydrogen-bond donors (Lipinski definition) is 2.